The average molecular weight is 499 g/mol. The second-order valence-electron chi connectivity index (χ2n) is 7.93. The molecule has 9 heteroatoms. The normalized spacial score (nSPS) is 15.4. The Hall–Kier alpha value is -3.36. The zero-order chi connectivity index (χ0) is 24.5. The van der Waals surface area contributed by atoms with Gasteiger partial charge in [-0.25, -0.2) is 13.2 Å². The lowest BCUT2D eigenvalue weighted by atomic mass is 9.93. The summed E-state index contributed by atoms with van der Waals surface area (Å²) in [7, 11) is -1.26. The van der Waals surface area contributed by atoms with Gasteiger partial charge in [0.2, 0.25) is 0 Å². The number of hydrogen-bond acceptors (Lipinski definition) is 5. The summed E-state index contributed by atoms with van der Waals surface area (Å²) in [5.74, 6) is -0.973. The van der Waals surface area contributed by atoms with Crippen LogP contribution in [0.1, 0.15) is 21.5 Å². The van der Waals surface area contributed by atoms with E-state index in [1.807, 2.05) is 24.3 Å². The van der Waals surface area contributed by atoms with Crippen LogP contribution in [0.15, 0.2) is 77.7 Å². The molecule has 0 N–H and O–H groups in total. The Labute approximate surface area is 203 Å². The lowest BCUT2D eigenvalue weighted by molar-refractivity contribution is -0.146. The van der Waals surface area contributed by atoms with E-state index in [2.05, 4.69) is 0 Å². The molecule has 0 radical (unpaired) electrons. The Kier molecular flexibility index (Phi) is 6.63. The summed E-state index contributed by atoms with van der Waals surface area (Å²) >= 11 is 6.02. The van der Waals surface area contributed by atoms with Crippen molar-refractivity contribution in [3.05, 3.63) is 94.5 Å². The third kappa shape index (κ3) is 4.51. The Morgan fingerprint density at radius 3 is 2.41 bits per heavy atom. The van der Waals surface area contributed by atoms with Crippen LogP contribution in [0, 0.1) is 0 Å². The van der Waals surface area contributed by atoms with E-state index in [9.17, 15) is 18.0 Å². The molecule has 1 atom stereocenters. The molecule has 1 aliphatic heterocycles. The molecule has 0 fully saturated rings. The van der Waals surface area contributed by atoms with Gasteiger partial charge >= 0.3 is 5.97 Å². The van der Waals surface area contributed by atoms with E-state index >= 15 is 0 Å². The molecule has 0 aliphatic carbocycles. The molecule has 0 bridgehead atoms. The third-order valence-corrected chi connectivity index (χ3v) is 7.91. The first kappa shape index (κ1) is 23.8. The van der Waals surface area contributed by atoms with E-state index in [-0.39, 0.29) is 17.0 Å². The zero-order valence-corrected chi connectivity index (χ0v) is 20.2. The summed E-state index contributed by atoms with van der Waals surface area (Å²) in [5.41, 5.74) is 2.46. The van der Waals surface area contributed by atoms with Gasteiger partial charge in [-0.3, -0.25) is 9.10 Å². The van der Waals surface area contributed by atoms with Crippen molar-refractivity contribution in [1.82, 2.24) is 4.90 Å². The highest BCUT2D eigenvalue weighted by molar-refractivity contribution is 7.92. The molecule has 1 heterocycles. The van der Waals surface area contributed by atoms with Gasteiger partial charge in [0.05, 0.1) is 17.7 Å². The van der Waals surface area contributed by atoms with E-state index in [0.717, 1.165) is 15.4 Å². The van der Waals surface area contributed by atoms with Gasteiger partial charge < -0.3 is 9.64 Å². The number of ether oxygens (including phenoxy) is 1. The lowest BCUT2D eigenvalue weighted by Gasteiger charge is -2.35. The number of methoxy groups -OCH3 is 1. The van der Waals surface area contributed by atoms with Crippen LogP contribution in [0.4, 0.5) is 5.69 Å². The fourth-order valence-corrected chi connectivity index (χ4v) is 5.43. The molecule has 176 valence electrons. The highest BCUT2D eigenvalue weighted by Crippen LogP contribution is 2.28. The number of nitrogens with zero attached hydrogens (tertiary/aromatic N) is 2. The number of hydrogen-bond donors (Lipinski definition) is 0. The summed E-state index contributed by atoms with van der Waals surface area (Å²) in [6.07, 6.45) is 0.323. The molecule has 34 heavy (non-hydrogen) atoms. The van der Waals surface area contributed by atoms with Crippen LogP contribution in [0.3, 0.4) is 0 Å². The minimum absolute atomic E-state index is 0.0483. The standard InChI is InChI=1S/C25H23ClN2O5S/c1-27(21-11-6-10-20(26)15-21)34(31,32)22-12-5-9-18(13-22)24(29)28-16-19-8-4-3-7-17(19)14-23(28)25(30)33-2/h3-13,15,23H,14,16H2,1-2H3/t23-/m1/s1. The first-order chi connectivity index (χ1) is 16.2. The molecule has 1 aliphatic rings. The van der Waals surface area contributed by atoms with Gasteiger partial charge in [-0.05, 0) is 47.5 Å². The van der Waals surface area contributed by atoms with Gasteiger partial charge in [0.1, 0.15) is 6.04 Å². The molecule has 0 saturated carbocycles. The largest absolute Gasteiger partial charge is 0.467 e. The monoisotopic (exact) mass is 498 g/mol. The Morgan fingerprint density at radius 1 is 1.00 bits per heavy atom. The van der Waals surface area contributed by atoms with Crippen LogP contribution < -0.4 is 4.31 Å². The molecule has 1 amide bonds. The van der Waals surface area contributed by atoms with E-state index in [0.29, 0.717) is 17.1 Å². The number of rotatable bonds is 5. The first-order valence-electron chi connectivity index (χ1n) is 10.5. The molecule has 3 aromatic carbocycles. The van der Waals surface area contributed by atoms with Crippen molar-refractivity contribution >= 4 is 39.2 Å². The number of fused-ring (bicyclic) bond motifs is 1. The quantitative estimate of drug-likeness (QED) is 0.498. The van der Waals surface area contributed by atoms with Crippen LogP contribution >= 0.6 is 11.6 Å². The van der Waals surface area contributed by atoms with Gasteiger partial charge in [-0.2, -0.15) is 0 Å². The molecule has 0 unspecified atom stereocenters. The Bertz CT molecular complexity index is 1360. The van der Waals surface area contributed by atoms with E-state index < -0.39 is 27.9 Å². The van der Waals surface area contributed by atoms with Crippen molar-refractivity contribution in [3.8, 4) is 0 Å². The Morgan fingerprint density at radius 2 is 1.71 bits per heavy atom. The summed E-state index contributed by atoms with van der Waals surface area (Å²) in [6.45, 7) is 0.216. The summed E-state index contributed by atoms with van der Waals surface area (Å²) in [5, 5.41) is 0.405. The van der Waals surface area contributed by atoms with Gasteiger partial charge in [-0.1, -0.05) is 48.0 Å². The van der Waals surface area contributed by atoms with Crippen molar-refractivity contribution < 1.29 is 22.7 Å². The van der Waals surface area contributed by atoms with Crippen molar-refractivity contribution in [2.45, 2.75) is 23.9 Å². The second kappa shape index (κ2) is 9.48. The number of sulfonamides is 1. The molecule has 0 saturated heterocycles. The van der Waals surface area contributed by atoms with Crippen molar-refractivity contribution in [3.63, 3.8) is 0 Å². The smallest absolute Gasteiger partial charge is 0.328 e. The predicted molar refractivity (Wildman–Crippen MR) is 129 cm³/mol. The van der Waals surface area contributed by atoms with Gasteiger partial charge in [0.25, 0.3) is 15.9 Å². The summed E-state index contributed by atoms with van der Waals surface area (Å²) in [6, 6.07) is 19.1. The number of carbonyl (C=O) groups is 2. The summed E-state index contributed by atoms with van der Waals surface area (Å²) in [4.78, 5) is 27.4. The SMILES string of the molecule is COC(=O)[C@H]1Cc2ccccc2CN1C(=O)c1cccc(S(=O)(=O)N(C)c2cccc(Cl)c2)c1. The van der Waals surface area contributed by atoms with Crippen LogP contribution in [0.25, 0.3) is 0 Å². The molecule has 4 rings (SSSR count). The maximum atomic E-state index is 13.5. The highest BCUT2D eigenvalue weighted by Gasteiger charge is 2.36. The van der Waals surface area contributed by atoms with Crippen LogP contribution in [-0.2, 0) is 32.5 Å². The van der Waals surface area contributed by atoms with Gasteiger partial charge in [-0.15, -0.1) is 0 Å². The highest BCUT2D eigenvalue weighted by atomic mass is 35.5. The van der Waals surface area contributed by atoms with Gasteiger partial charge in [0, 0.05) is 30.6 Å². The topological polar surface area (TPSA) is 84.0 Å². The minimum atomic E-state index is -3.97. The number of esters is 1. The molecule has 3 aromatic rings. The lowest BCUT2D eigenvalue weighted by Crippen LogP contribution is -2.49. The third-order valence-electron chi connectivity index (χ3n) is 5.89. The van der Waals surface area contributed by atoms with Crippen LogP contribution in [0.5, 0.6) is 0 Å². The van der Waals surface area contributed by atoms with Crippen molar-refractivity contribution in [2.75, 3.05) is 18.5 Å². The first-order valence-corrected chi connectivity index (χ1v) is 12.3. The molecular formula is C25H23ClN2O5S. The van der Waals surface area contributed by atoms with E-state index in [4.69, 9.17) is 16.3 Å². The molecular weight excluding hydrogens is 476 g/mol. The van der Waals surface area contributed by atoms with E-state index in [1.165, 1.54) is 43.3 Å². The molecule has 7 nitrogen and oxygen atoms in total. The maximum Gasteiger partial charge on any atom is 0.328 e. The van der Waals surface area contributed by atoms with Crippen molar-refractivity contribution in [1.29, 1.82) is 0 Å². The number of halogens is 1. The minimum Gasteiger partial charge on any atom is -0.467 e. The molecule has 0 aromatic heterocycles. The number of anilines is 1. The van der Waals surface area contributed by atoms with Crippen LogP contribution in [0.2, 0.25) is 5.02 Å². The number of benzene rings is 3. The Balaban J connectivity index is 1.68. The van der Waals surface area contributed by atoms with Gasteiger partial charge in [0.15, 0.2) is 0 Å². The number of carbonyl (C=O) groups excluding carboxylic acids is 2. The molecule has 0 spiro atoms. The maximum absolute atomic E-state index is 13.5. The fourth-order valence-electron chi connectivity index (χ4n) is 4.01. The van der Waals surface area contributed by atoms with E-state index in [1.54, 1.807) is 24.3 Å². The zero-order valence-electron chi connectivity index (χ0n) is 18.6. The van der Waals surface area contributed by atoms with Crippen molar-refractivity contribution in [2.24, 2.45) is 0 Å². The summed E-state index contributed by atoms with van der Waals surface area (Å²) < 4.78 is 32.6. The van der Waals surface area contributed by atoms with Crippen LogP contribution in [-0.4, -0.2) is 45.4 Å². The fraction of sp³-hybridized carbons (Fsp3) is 0.200. The number of amides is 1. The second-order valence-corrected chi connectivity index (χ2v) is 10.3. The predicted octanol–water partition coefficient (Wildman–Crippen LogP) is 3.91. The average Bonchev–Trinajstić information content (AvgIpc) is 2.86.